The molecule has 2 aromatic rings. The Morgan fingerprint density at radius 2 is 1.86 bits per heavy atom. The average Bonchev–Trinajstić information content (AvgIpc) is 3.50. The molecule has 2 aromatic carbocycles. The molecule has 1 saturated carbocycles. The number of amides is 1. The topological polar surface area (TPSA) is 65.5 Å². The SMILES string of the molecule is CCNC(=O)c1cccc(CNC(=NC)NCC2(c3ccccc3Br)CC2)c1.I. The van der Waals surface area contributed by atoms with Gasteiger partial charge in [0, 0.05) is 42.1 Å². The average molecular weight is 571 g/mol. The highest BCUT2D eigenvalue weighted by Crippen LogP contribution is 2.49. The molecule has 5 nitrogen and oxygen atoms in total. The van der Waals surface area contributed by atoms with Crippen molar-refractivity contribution in [3.63, 3.8) is 0 Å². The van der Waals surface area contributed by atoms with Gasteiger partial charge in [0.1, 0.15) is 0 Å². The number of guanidine groups is 1. The quantitative estimate of drug-likeness (QED) is 0.265. The van der Waals surface area contributed by atoms with Crippen LogP contribution < -0.4 is 16.0 Å². The second-order valence-corrected chi connectivity index (χ2v) is 7.95. The van der Waals surface area contributed by atoms with Crippen molar-refractivity contribution in [2.45, 2.75) is 31.7 Å². The fraction of sp³-hybridized carbons (Fsp3) is 0.364. The largest absolute Gasteiger partial charge is 0.356 e. The van der Waals surface area contributed by atoms with Crippen molar-refractivity contribution in [1.29, 1.82) is 0 Å². The standard InChI is InChI=1S/C22H27BrN4O.HI/c1-3-25-20(28)17-8-6-7-16(13-17)14-26-21(24-2)27-15-22(11-12-22)18-9-4-5-10-19(18)23;/h4-10,13H,3,11-12,14-15H2,1-2H3,(H,25,28)(H2,24,26,27);1H. The molecule has 3 N–H and O–H groups in total. The summed E-state index contributed by atoms with van der Waals surface area (Å²) in [5, 5.41) is 9.64. The summed E-state index contributed by atoms with van der Waals surface area (Å²) in [6.07, 6.45) is 2.35. The van der Waals surface area contributed by atoms with Crippen LogP contribution in [0.4, 0.5) is 0 Å². The molecule has 1 aliphatic rings. The van der Waals surface area contributed by atoms with Crippen LogP contribution >= 0.6 is 39.9 Å². The van der Waals surface area contributed by atoms with E-state index in [1.807, 2.05) is 37.3 Å². The zero-order valence-corrected chi connectivity index (χ0v) is 20.7. The number of aliphatic imine (C=N–C) groups is 1. The molecule has 0 aliphatic heterocycles. The predicted octanol–water partition coefficient (Wildman–Crippen LogP) is 4.21. The molecule has 7 heteroatoms. The molecule has 3 rings (SSSR count). The molecule has 29 heavy (non-hydrogen) atoms. The summed E-state index contributed by atoms with van der Waals surface area (Å²) in [4.78, 5) is 16.3. The third-order valence-electron chi connectivity index (χ3n) is 5.10. The number of benzene rings is 2. The van der Waals surface area contributed by atoms with Gasteiger partial charge in [-0.3, -0.25) is 9.79 Å². The molecule has 0 bridgehead atoms. The summed E-state index contributed by atoms with van der Waals surface area (Å²) in [6, 6.07) is 16.1. The number of halogens is 2. The molecule has 0 unspecified atom stereocenters. The summed E-state index contributed by atoms with van der Waals surface area (Å²) >= 11 is 3.68. The van der Waals surface area contributed by atoms with E-state index in [4.69, 9.17) is 0 Å². The normalized spacial score (nSPS) is 14.5. The predicted molar refractivity (Wildman–Crippen MR) is 133 cm³/mol. The minimum Gasteiger partial charge on any atom is -0.356 e. The van der Waals surface area contributed by atoms with Gasteiger partial charge in [-0.2, -0.15) is 0 Å². The van der Waals surface area contributed by atoms with Gasteiger partial charge >= 0.3 is 0 Å². The third kappa shape index (κ3) is 6.18. The number of nitrogens with one attached hydrogen (secondary N) is 3. The van der Waals surface area contributed by atoms with E-state index < -0.39 is 0 Å². The highest BCUT2D eigenvalue weighted by atomic mass is 127. The molecule has 0 saturated heterocycles. The van der Waals surface area contributed by atoms with Gasteiger partial charge in [-0.15, -0.1) is 24.0 Å². The number of hydrogen-bond donors (Lipinski definition) is 3. The maximum atomic E-state index is 12.0. The first-order valence-electron chi connectivity index (χ1n) is 9.64. The number of rotatable bonds is 7. The molecule has 0 spiro atoms. The van der Waals surface area contributed by atoms with Gasteiger partial charge in [-0.1, -0.05) is 46.3 Å². The molecular weight excluding hydrogens is 543 g/mol. The van der Waals surface area contributed by atoms with Gasteiger partial charge in [0.25, 0.3) is 5.91 Å². The number of hydrogen-bond acceptors (Lipinski definition) is 2. The van der Waals surface area contributed by atoms with Crippen LogP contribution in [0.1, 0.15) is 41.3 Å². The fourth-order valence-corrected chi connectivity index (χ4v) is 4.03. The zero-order chi connectivity index (χ0) is 20.0. The van der Waals surface area contributed by atoms with Crippen molar-refractivity contribution in [3.8, 4) is 0 Å². The highest BCUT2D eigenvalue weighted by Gasteiger charge is 2.45. The van der Waals surface area contributed by atoms with Crippen molar-refractivity contribution in [2.75, 3.05) is 20.1 Å². The molecule has 156 valence electrons. The van der Waals surface area contributed by atoms with Gasteiger partial charge in [0.05, 0.1) is 0 Å². The van der Waals surface area contributed by atoms with Crippen LogP contribution in [0.2, 0.25) is 0 Å². The second-order valence-electron chi connectivity index (χ2n) is 7.10. The smallest absolute Gasteiger partial charge is 0.251 e. The Morgan fingerprint density at radius 1 is 1.10 bits per heavy atom. The van der Waals surface area contributed by atoms with E-state index in [2.05, 4.69) is 55.1 Å². The molecule has 0 aromatic heterocycles. The summed E-state index contributed by atoms with van der Waals surface area (Å²) in [7, 11) is 1.78. The Labute approximate surface area is 198 Å². The number of carbonyl (C=O) groups is 1. The van der Waals surface area contributed by atoms with E-state index >= 15 is 0 Å². The van der Waals surface area contributed by atoms with E-state index in [-0.39, 0.29) is 35.3 Å². The lowest BCUT2D eigenvalue weighted by atomic mass is 9.96. The van der Waals surface area contributed by atoms with Crippen molar-refractivity contribution < 1.29 is 4.79 Å². The maximum Gasteiger partial charge on any atom is 0.251 e. The summed E-state index contributed by atoms with van der Waals surface area (Å²) < 4.78 is 1.17. The minimum absolute atomic E-state index is 0. The molecule has 1 fully saturated rings. The van der Waals surface area contributed by atoms with Crippen molar-refractivity contribution >= 4 is 51.8 Å². The van der Waals surface area contributed by atoms with Crippen molar-refractivity contribution in [2.24, 2.45) is 4.99 Å². The molecule has 0 radical (unpaired) electrons. The minimum atomic E-state index is -0.0454. The number of carbonyl (C=O) groups excluding carboxylic acids is 1. The maximum absolute atomic E-state index is 12.0. The van der Waals surface area contributed by atoms with E-state index in [9.17, 15) is 4.79 Å². The Kier molecular flexibility index (Phi) is 8.95. The lowest BCUT2D eigenvalue weighted by Crippen LogP contribution is -2.41. The van der Waals surface area contributed by atoms with E-state index in [0.29, 0.717) is 18.7 Å². The highest BCUT2D eigenvalue weighted by molar-refractivity contribution is 14.0. The summed E-state index contributed by atoms with van der Waals surface area (Å²) in [5.74, 6) is 0.720. The van der Waals surface area contributed by atoms with Gasteiger partial charge < -0.3 is 16.0 Å². The van der Waals surface area contributed by atoms with Crippen molar-refractivity contribution in [1.82, 2.24) is 16.0 Å². The third-order valence-corrected chi connectivity index (χ3v) is 5.79. The van der Waals surface area contributed by atoms with Crippen LogP contribution in [0, 0.1) is 0 Å². The molecule has 1 aliphatic carbocycles. The van der Waals surface area contributed by atoms with Gasteiger partial charge in [-0.25, -0.2) is 0 Å². The monoisotopic (exact) mass is 570 g/mol. The van der Waals surface area contributed by atoms with E-state index in [1.54, 1.807) is 7.05 Å². The lowest BCUT2D eigenvalue weighted by molar-refractivity contribution is 0.0955. The van der Waals surface area contributed by atoms with Crippen LogP contribution in [0.5, 0.6) is 0 Å². The molecule has 0 atom stereocenters. The van der Waals surface area contributed by atoms with E-state index in [1.165, 1.54) is 22.9 Å². The van der Waals surface area contributed by atoms with Gasteiger partial charge in [0.2, 0.25) is 0 Å². The molecular formula is C22H28BrIN4O. The van der Waals surface area contributed by atoms with Crippen LogP contribution in [0.3, 0.4) is 0 Å². The Bertz CT molecular complexity index is 867. The Balaban J connectivity index is 0.00000300. The van der Waals surface area contributed by atoms with E-state index in [0.717, 1.165) is 18.1 Å². The fourth-order valence-electron chi connectivity index (χ4n) is 3.33. The van der Waals surface area contributed by atoms with Crippen molar-refractivity contribution in [3.05, 3.63) is 69.7 Å². The summed E-state index contributed by atoms with van der Waals surface area (Å²) in [6.45, 7) is 3.99. The number of nitrogens with zero attached hydrogens (tertiary/aromatic N) is 1. The van der Waals surface area contributed by atoms with Crippen LogP contribution in [-0.2, 0) is 12.0 Å². The first-order valence-corrected chi connectivity index (χ1v) is 10.4. The Morgan fingerprint density at radius 3 is 2.52 bits per heavy atom. The summed E-state index contributed by atoms with van der Waals surface area (Å²) in [5.41, 5.74) is 3.25. The molecule has 1 amide bonds. The van der Waals surface area contributed by atoms with Gasteiger partial charge in [0.15, 0.2) is 5.96 Å². The van der Waals surface area contributed by atoms with Crippen LogP contribution in [0.15, 0.2) is 58.0 Å². The second kappa shape index (κ2) is 11.0. The Hall–Kier alpha value is -1.61. The molecule has 0 heterocycles. The first-order chi connectivity index (χ1) is 13.6. The van der Waals surface area contributed by atoms with Crippen LogP contribution in [-0.4, -0.2) is 32.0 Å². The first kappa shape index (κ1) is 23.7. The van der Waals surface area contributed by atoms with Crippen LogP contribution in [0.25, 0.3) is 0 Å². The lowest BCUT2D eigenvalue weighted by Gasteiger charge is -2.20. The zero-order valence-electron chi connectivity index (χ0n) is 16.8. The van der Waals surface area contributed by atoms with Gasteiger partial charge in [-0.05, 0) is 49.1 Å².